The zero-order valence-corrected chi connectivity index (χ0v) is 15.1. The largest absolute Gasteiger partial charge is 0.496 e. The summed E-state index contributed by atoms with van der Waals surface area (Å²) in [4.78, 5) is 12.4. The van der Waals surface area contributed by atoms with Crippen molar-refractivity contribution >= 4 is 17.5 Å². The highest BCUT2D eigenvalue weighted by molar-refractivity contribution is 6.33. The third-order valence-electron chi connectivity index (χ3n) is 4.20. The Labute approximate surface area is 152 Å². The van der Waals surface area contributed by atoms with Gasteiger partial charge in [-0.3, -0.25) is 4.79 Å². The Bertz CT molecular complexity index is 712. The summed E-state index contributed by atoms with van der Waals surface area (Å²) in [7, 11) is 1.55. The quantitative estimate of drug-likeness (QED) is 0.692. The molecule has 0 radical (unpaired) electrons. The summed E-state index contributed by atoms with van der Waals surface area (Å²) in [5, 5.41) is 3.39. The van der Waals surface area contributed by atoms with E-state index in [2.05, 4.69) is 5.32 Å². The topological polar surface area (TPSA) is 52.5 Å². The van der Waals surface area contributed by atoms with Crippen LogP contribution in [0.15, 0.2) is 36.7 Å². The van der Waals surface area contributed by atoms with Crippen LogP contribution in [0.4, 0.5) is 0 Å². The van der Waals surface area contributed by atoms with Gasteiger partial charge >= 0.3 is 0 Å². The molecule has 2 aromatic rings. The smallest absolute Gasteiger partial charge is 0.255 e. The molecule has 25 heavy (non-hydrogen) atoms. The van der Waals surface area contributed by atoms with E-state index in [1.165, 1.54) is 12.8 Å². The fraction of sp³-hybridized carbons (Fsp3) is 0.421. The molecule has 1 aliphatic carbocycles. The van der Waals surface area contributed by atoms with Crippen LogP contribution in [-0.2, 0) is 4.74 Å². The molecule has 1 fully saturated rings. The van der Waals surface area contributed by atoms with Crippen molar-refractivity contribution in [1.82, 2.24) is 9.88 Å². The van der Waals surface area contributed by atoms with E-state index < -0.39 is 0 Å². The lowest BCUT2D eigenvalue weighted by Crippen LogP contribution is -2.26. The Hall–Kier alpha value is -1.98. The average Bonchev–Trinajstić information content (AvgIpc) is 3.28. The molecule has 1 saturated carbocycles. The van der Waals surface area contributed by atoms with Gasteiger partial charge in [0.1, 0.15) is 5.75 Å². The predicted molar refractivity (Wildman–Crippen MR) is 97.8 cm³/mol. The summed E-state index contributed by atoms with van der Waals surface area (Å²) in [6, 6.07) is 7.24. The zero-order valence-electron chi connectivity index (χ0n) is 14.3. The van der Waals surface area contributed by atoms with E-state index in [9.17, 15) is 4.79 Å². The molecular formula is C19H23ClN2O3. The van der Waals surface area contributed by atoms with E-state index in [0.29, 0.717) is 29.5 Å². The van der Waals surface area contributed by atoms with Crippen LogP contribution in [0.3, 0.4) is 0 Å². The summed E-state index contributed by atoms with van der Waals surface area (Å²) >= 11 is 6.36. The molecule has 1 aromatic carbocycles. The molecule has 0 unspecified atom stereocenters. The standard InChI is InChI=1S/C19H23ClN2O3/c1-24-18-12-17(22-8-2-3-9-22)16(20)11-15(18)19(23)21-7-4-10-25-13-14-5-6-14/h2-3,8-9,11-12,14H,4-7,10,13H2,1H3,(H,21,23). The maximum atomic E-state index is 12.4. The molecule has 0 saturated heterocycles. The number of aromatic nitrogens is 1. The maximum Gasteiger partial charge on any atom is 0.255 e. The van der Waals surface area contributed by atoms with E-state index in [1.807, 2.05) is 29.1 Å². The Balaban J connectivity index is 1.58. The van der Waals surface area contributed by atoms with Crippen molar-refractivity contribution in [2.45, 2.75) is 19.3 Å². The second-order valence-corrected chi connectivity index (χ2v) is 6.63. The van der Waals surface area contributed by atoms with Crippen LogP contribution in [0.5, 0.6) is 5.75 Å². The highest BCUT2D eigenvalue weighted by atomic mass is 35.5. The Morgan fingerprint density at radius 1 is 1.32 bits per heavy atom. The Morgan fingerprint density at radius 2 is 2.08 bits per heavy atom. The molecule has 0 spiro atoms. The van der Waals surface area contributed by atoms with E-state index >= 15 is 0 Å². The minimum Gasteiger partial charge on any atom is -0.496 e. The van der Waals surface area contributed by atoms with E-state index in [-0.39, 0.29) is 5.91 Å². The van der Waals surface area contributed by atoms with Gasteiger partial charge in [-0.05, 0) is 43.4 Å². The van der Waals surface area contributed by atoms with Crippen molar-refractivity contribution in [3.8, 4) is 11.4 Å². The number of amides is 1. The molecule has 1 amide bonds. The predicted octanol–water partition coefficient (Wildman–Crippen LogP) is 3.69. The van der Waals surface area contributed by atoms with Crippen molar-refractivity contribution < 1.29 is 14.3 Å². The zero-order chi connectivity index (χ0) is 17.6. The van der Waals surface area contributed by atoms with E-state index in [0.717, 1.165) is 24.6 Å². The molecule has 5 nitrogen and oxygen atoms in total. The van der Waals surface area contributed by atoms with Gasteiger partial charge in [0.2, 0.25) is 0 Å². The summed E-state index contributed by atoms with van der Waals surface area (Å²) < 4.78 is 12.8. The van der Waals surface area contributed by atoms with Crippen molar-refractivity contribution in [1.29, 1.82) is 0 Å². The molecule has 1 aromatic heterocycles. The first-order valence-corrected chi connectivity index (χ1v) is 8.93. The minimum atomic E-state index is -0.194. The maximum absolute atomic E-state index is 12.4. The van der Waals surface area contributed by atoms with Gasteiger partial charge in [-0.15, -0.1) is 0 Å². The van der Waals surface area contributed by atoms with Gasteiger partial charge in [0.05, 0.1) is 23.4 Å². The van der Waals surface area contributed by atoms with E-state index in [1.54, 1.807) is 19.2 Å². The highest BCUT2D eigenvalue weighted by Crippen LogP contribution is 2.30. The number of hydrogen-bond acceptors (Lipinski definition) is 3. The number of carbonyl (C=O) groups excluding carboxylic acids is 1. The average molecular weight is 363 g/mol. The van der Waals surface area contributed by atoms with Gasteiger partial charge < -0.3 is 19.4 Å². The van der Waals surface area contributed by atoms with Crippen molar-refractivity contribution in [3.05, 3.63) is 47.2 Å². The van der Waals surface area contributed by atoms with Crippen LogP contribution in [0, 0.1) is 5.92 Å². The van der Waals surface area contributed by atoms with Gasteiger partial charge in [0.25, 0.3) is 5.91 Å². The Morgan fingerprint density at radius 3 is 2.76 bits per heavy atom. The van der Waals surface area contributed by atoms with Crippen molar-refractivity contribution in [3.63, 3.8) is 0 Å². The summed E-state index contributed by atoms with van der Waals surface area (Å²) in [5.41, 5.74) is 1.20. The molecule has 134 valence electrons. The van der Waals surface area contributed by atoms with Gasteiger partial charge in [0.15, 0.2) is 0 Å². The third kappa shape index (κ3) is 4.77. The van der Waals surface area contributed by atoms with Crippen molar-refractivity contribution in [2.75, 3.05) is 26.9 Å². The number of halogens is 1. The molecule has 0 atom stereocenters. The van der Waals surface area contributed by atoms with Crippen molar-refractivity contribution in [2.24, 2.45) is 5.92 Å². The molecule has 1 heterocycles. The fourth-order valence-corrected chi connectivity index (χ4v) is 2.85. The lowest BCUT2D eigenvalue weighted by atomic mass is 10.1. The first kappa shape index (κ1) is 17.8. The number of methoxy groups -OCH3 is 1. The van der Waals surface area contributed by atoms with Crippen LogP contribution >= 0.6 is 11.6 Å². The SMILES string of the molecule is COc1cc(-n2cccc2)c(Cl)cc1C(=O)NCCCOCC1CC1. The number of rotatable bonds is 9. The molecule has 1 N–H and O–H groups in total. The summed E-state index contributed by atoms with van der Waals surface area (Å²) in [6.45, 7) is 2.07. The number of nitrogens with zero attached hydrogens (tertiary/aromatic N) is 1. The number of benzene rings is 1. The molecule has 1 aliphatic rings. The molecule has 0 aliphatic heterocycles. The number of hydrogen-bond donors (Lipinski definition) is 1. The van der Waals surface area contributed by atoms with Gasteiger partial charge in [-0.1, -0.05) is 11.6 Å². The van der Waals surface area contributed by atoms with Crippen LogP contribution < -0.4 is 10.1 Å². The third-order valence-corrected chi connectivity index (χ3v) is 4.50. The lowest BCUT2D eigenvalue weighted by molar-refractivity contribution is 0.0934. The normalized spacial score (nSPS) is 13.7. The lowest BCUT2D eigenvalue weighted by Gasteiger charge is -2.13. The molecule has 3 rings (SSSR count). The summed E-state index contributed by atoms with van der Waals surface area (Å²) in [6.07, 6.45) is 7.15. The first-order chi connectivity index (χ1) is 12.2. The van der Waals surface area contributed by atoms with E-state index in [4.69, 9.17) is 21.1 Å². The van der Waals surface area contributed by atoms with Crippen LogP contribution in [0.1, 0.15) is 29.6 Å². The number of ether oxygens (including phenoxy) is 2. The first-order valence-electron chi connectivity index (χ1n) is 8.56. The van der Waals surface area contributed by atoms with Crippen LogP contribution in [0.2, 0.25) is 5.02 Å². The van der Waals surface area contributed by atoms with Gasteiger partial charge in [-0.2, -0.15) is 0 Å². The summed E-state index contributed by atoms with van der Waals surface area (Å²) in [5.74, 6) is 1.07. The fourth-order valence-electron chi connectivity index (χ4n) is 2.59. The highest BCUT2D eigenvalue weighted by Gasteiger charge is 2.21. The number of carbonyl (C=O) groups is 1. The van der Waals surface area contributed by atoms with Gasteiger partial charge in [0, 0.05) is 38.2 Å². The monoisotopic (exact) mass is 362 g/mol. The molecule has 0 bridgehead atoms. The van der Waals surface area contributed by atoms with Crippen LogP contribution in [-0.4, -0.2) is 37.3 Å². The van der Waals surface area contributed by atoms with Gasteiger partial charge in [-0.25, -0.2) is 0 Å². The molecule has 6 heteroatoms. The minimum absolute atomic E-state index is 0.194. The van der Waals surface area contributed by atoms with Crippen LogP contribution in [0.25, 0.3) is 5.69 Å². The molecular weight excluding hydrogens is 340 g/mol. The second-order valence-electron chi connectivity index (χ2n) is 6.22. The Kier molecular flexibility index (Phi) is 6.00. The second kappa shape index (κ2) is 8.41. The number of nitrogens with one attached hydrogen (secondary N) is 1.